The molecule has 0 atom stereocenters. The van der Waals surface area contributed by atoms with Gasteiger partial charge in [-0.15, -0.1) is 0 Å². The fourth-order valence-electron chi connectivity index (χ4n) is 1.57. The maximum Gasteiger partial charge on any atom is 0.416 e. The molecule has 20 heavy (non-hydrogen) atoms. The van der Waals surface area contributed by atoms with Crippen molar-refractivity contribution in [1.29, 1.82) is 0 Å². The molecule has 1 aromatic heterocycles. The predicted octanol–water partition coefficient (Wildman–Crippen LogP) is 4.25. The van der Waals surface area contributed by atoms with Crippen LogP contribution in [0.15, 0.2) is 41.0 Å². The summed E-state index contributed by atoms with van der Waals surface area (Å²) < 4.78 is 42.6. The van der Waals surface area contributed by atoms with Crippen LogP contribution in [0.4, 0.5) is 29.3 Å². The number of hydrogen-bond donors (Lipinski definition) is 2. The maximum absolute atomic E-state index is 12.5. The van der Waals surface area contributed by atoms with Gasteiger partial charge in [0.15, 0.2) is 0 Å². The van der Waals surface area contributed by atoms with Crippen LogP contribution in [0.25, 0.3) is 0 Å². The van der Waals surface area contributed by atoms with Crippen molar-refractivity contribution in [2.45, 2.75) is 13.1 Å². The second kappa shape index (κ2) is 5.28. The van der Waals surface area contributed by atoms with Crippen LogP contribution < -0.4 is 10.6 Å². The minimum atomic E-state index is -4.45. The highest BCUT2D eigenvalue weighted by Crippen LogP contribution is 2.30. The number of anilines is 2. The summed E-state index contributed by atoms with van der Waals surface area (Å²) in [4.78, 5) is 11.6. The number of nitrogens with one attached hydrogen (secondary N) is 2. The van der Waals surface area contributed by atoms with Crippen LogP contribution in [0.3, 0.4) is 0 Å². The maximum atomic E-state index is 12.5. The molecule has 0 fully saturated rings. The summed E-state index contributed by atoms with van der Waals surface area (Å²) in [6, 6.07) is 5.29. The molecule has 0 spiro atoms. The lowest BCUT2D eigenvalue weighted by molar-refractivity contribution is -0.137. The van der Waals surface area contributed by atoms with Gasteiger partial charge in [0.2, 0.25) is 0 Å². The number of carbonyl (C=O) groups is 1. The first-order valence-electron chi connectivity index (χ1n) is 5.65. The molecule has 2 N–H and O–H groups in total. The third kappa shape index (κ3) is 3.31. The van der Waals surface area contributed by atoms with Crippen molar-refractivity contribution in [2.24, 2.45) is 0 Å². The van der Waals surface area contributed by atoms with Gasteiger partial charge in [0.25, 0.3) is 0 Å². The quantitative estimate of drug-likeness (QED) is 0.866. The molecule has 0 radical (unpaired) electrons. The molecular weight excluding hydrogens is 273 g/mol. The van der Waals surface area contributed by atoms with E-state index < -0.39 is 17.8 Å². The van der Waals surface area contributed by atoms with Gasteiger partial charge in [0.1, 0.15) is 5.76 Å². The van der Waals surface area contributed by atoms with Crippen molar-refractivity contribution < 1.29 is 22.4 Å². The van der Waals surface area contributed by atoms with Crippen LogP contribution >= 0.6 is 0 Å². The first-order chi connectivity index (χ1) is 9.36. The zero-order chi connectivity index (χ0) is 14.8. The van der Waals surface area contributed by atoms with E-state index in [0.717, 1.165) is 12.1 Å². The smallest absolute Gasteiger partial charge is 0.416 e. The standard InChI is InChI=1S/C13H11F3N2O2/c1-8-11(5-6-20-8)18-12(19)17-10-4-2-3-9(7-10)13(14,15)16/h2-7H,1H3,(H2,17,18,19). The molecule has 0 unspecified atom stereocenters. The summed E-state index contributed by atoms with van der Waals surface area (Å²) in [5.74, 6) is 0.504. The van der Waals surface area contributed by atoms with Crippen LogP contribution in [0.2, 0.25) is 0 Å². The Morgan fingerprint density at radius 2 is 1.95 bits per heavy atom. The molecule has 7 heteroatoms. The van der Waals surface area contributed by atoms with Gasteiger partial charge >= 0.3 is 12.2 Å². The normalized spacial score (nSPS) is 11.2. The molecule has 0 aliphatic rings. The minimum Gasteiger partial charge on any atom is -0.467 e. The number of amides is 2. The van der Waals surface area contributed by atoms with E-state index in [2.05, 4.69) is 10.6 Å². The summed E-state index contributed by atoms with van der Waals surface area (Å²) in [5, 5.41) is 4.80. The zero-order valence-corrected chi connectivity index (χ0v) is 10.4. The Hall–Kier alpha value is -2.44. The zero-order valence-electron chi connectivity index (χ0n) is 10.4. The first-order valence-corrected chi connectivity index (χ1v) is 5.65. The van der Waals surface area contributed by atoms with Crippen molar-refractivity contribution in [2.75, 3.05) is 10.6 Å². The summed E-state index contributed by atoms with van der Waals surface area (Å²) in [6.07, 6.45) is -3.05. The Bertz CT molecular complexity index is 620. The average Bonchev–Trinajstić information content (AvgIpc) is 2.74. The van der Waals surface area contributed by atoms with Crippen LogP contribution in [0, 0.1) is 6.92 Å². The molecule has 106 valence electrons. The summed E-state index contributed by atoms with van der Waals surface area (Å²) in [7, 11) is 0. The second-order valence-electron chi connectivity index (χ2n) is 4.05. The predicted molar refractivity (Wildman–Crippen MR) is 67.5 cm³/mol. The Kier molecular flexibility index (Phi) is 3.69. The Balaban J connectivity index is 2.07. The number of alkyl halides is 3. The Morgan fingerprint density at radius 1 is 1.20 bits per heavy atom. The number of carbonyl (C=O) groups excluding carboxylic acids is 1. The summed E-state index contributed by atoms with van der Waals surface area (Å²) in [5.41, 5.74) is -0.317. The molecule has 2 aromatic rings. The third-order valence-electron chi connectivity index (χ3n) is 2.55. The van der Waals surface area contributed by atoms with Gasteiger partial charge < -0.3 is 15.1 Å². The molecule has 0 aliphatic heterocycles. The molecule has 2 amide bonds. The summed E-state index contributed by atoms with van der Waals surface area (Å²) >= 11 is 0. The molecule has 0 saturated heterocycles. The number of urea groups is 1. The van der Waals surface area contributed by atoms with Crippen LogP contribution in [-0.4, -0.2) is 6.03 Å². The van der Waals surface area contributed by atoms with E-state index in [1.165, 1.54) is 18.4 Å². The van der Waals surface area contributed by atoms with E-state index in [4.69, 9.17) is 4.42 Å². The number of hydrogen-bond acceptors (Lipinski definition) is 2. The summed E-state index contributed by atoms with van der Waals surface area (Å²) in [6.45, 7) is 1.65. The molecular formula is C13H11F3N2O2. The lowest BCUT2D eigenvalue weighted by Crippen LogP contribution is -2.19. The number of rotatable bonds is 2. The topological polar surface area (TPSA) is 54.3 Å². The van der Waals surface area contributed by atoms with E-state index in [1.54, 1.807) is 13.0 Å². The lowest BCUT2D eigenvalue weighted by atomic mass is 10.2. The molecule has 0 aliphatic carbocycles. The van der Waals surface area contributed by atoms with Crippen molar-refractivity contribution in [1.82, 2.24) is 0 Å². The van der Waals surface area contributed by atoms with Crippen molar-refractivity contribution in [3.05, 3.63) is 47.9 Å². The number of halogens is 3. The van der Waals surface area contributed by atoms with Gasteiger partial charge in [0, 0.05) is 11.8 Å². The fraction of sp³-hybridized carbons (Fsp3) is 0.154. The van der Waals surface area contributed by atoms with Crippen molar-refractivity contribution in [3.8, 4) is 0 Å². The highest BCUT2D eigenvalue weighted by molar-refractivity contribution is 6.00. The fourth-order valence-corrected chi connectivity index (χ4v) is 1.57. The molecule has 0 saturated carbocycles. The van der Waals surface area contributed by atoms with Gasteiger partial charge in [-0.25, -0.2) is 4.79 Å². The first kappa shape index (κ1) is 14.0. The highest BCUT2D eigenvalue weighted by Gasteiger charge is 2.30. The molecule has 1 heterocycles. The molecule has 2 rings (SSSR count). The molecule has 1 aromatic carbocycles. The van der Waals surface area contributed by atoms with E-state index >= 15 is 0 Å². The van der Waals surface area contributed by atoms with Crippen molar-refractivity contribution >= 4 is 17.4 Å². The van der Waals surface area contributed by atoms with Crippen LogP contribution in [0.1, 0.15) is 11.3 Å². The van der Waals surface area contributed by atoms with E-state index in [-0.39, 0.29) is 5.69 Å². The van der Waals surface area contributed by atoms with Crippen LogP contribution in [0.5, 0.6) is 0 Å². The van der Waals surface area contributed by atoms with Gasteiger partial charge in [-0.3, -0.25) is 0 Å². The van der Waals surface area contributed by atoms with Gasteiger partial charge in [-0.2, -0.15) is 13.2 Å². The number of furan rings is 1. The van der Waals surface area contributed by atoms with Gasteiger partial charge in [-0.05, 0) is 25.1 Å². The highest BCUT2D eigenvalue weighted by atomic mass is 19.4. The van der Waals surface area contributed by atoms with Gasteiger partial charge in [0.05, 0.1) is 17.5 Å². The van der Waals surface area contributed by atoms with E-state index in [1.807, 2.05) is 0 Å². The SMILES string of the molecule is Cc1occc1NC(=O)Nc1cccc(C(F)(F)F)c1. The van der Waals surface area contributed by atoms with Crippen molar-refractivity contribution in [3.63, 3.8) is 0 Å². The second-order valence-corrected chi connectivity index (χ2v) is 4.05. The van der Waals surface area contributed by atoms with Gasteiger partial charge in [-0.1, -0.05) is 6.07 Å². The Labute approximate surface area is 112 Å². The number of aryl methyl sites for hydroxylation is 1. The Morgan fingerprint density at radius 3 is 2.55 bits per heavy atom. The number of benzene rings is 1. The minimum absolute atomic E-state index is 0.0541. The van der Waals surface area contributed by atoms with Crippen LogP contribution in [-0.2, 0) is 6.18 Å². The largest absolute Gasteiger partial charge is 0.467 e. The monoisotopic (exact) mass is 284 g/mol. The molecule has 4 nitrogen and oxygen atoms in total. The average molecular weight is 284 g/mol. The lowest BCUT2D eigenvalue weighted by Gasteiger charge is -2.10. The third-order valence-corrected chi connectivity index (χ3v) is 2.55. The van der Waals surface area contributed by atoms with E-state index in [0.29, 0.717) is 11.4 Å². The molecule has 0 bridgehead atoms. The van der Waals surface area contributed by atoms with E-state index in [9.17, 15) is 18.0 Å².